The van der Waals surface area contributed by atoms with E-state index in [0.717, 1.165) is 29.4 Å². The average Bonchev–Trinajstić information content (AvgIpc) is 2.80. The Hall–Kier alpha value is -0.923. The molecule has 30 heavy (non-hydrogen) atoms. The highest BCUT2D eigenvalue weighted by Crippen LogP contribution is 2.38. The molecule has 1 N–H and O–H groups in total. The summed E-state index contributed by atoms with van der Waals surface area (Å²) in [7, 11) is -0.148. The van der Waals surface area contributed by atoms with E-state index in [0.29, 0.717) is 6.61 Å². The van der Waals surface area contributed by atoms with Crippen molar-refractivity contribution in [2.24, 2.45) is 17.8 Å². The van der Waals surface area contributed by atoms with E-state index in [1.807, 2.05) is 24.3 Å². The predicted octanol–water partition coefficient (Wildman–Crippen LogP) is 5.40. The molecule has 1 fully saturated rings. The number of benzene rings is 1. The molecule has 1 aliphatic heterocycles. The molecule has 0 aliphatic carbocycles. The lowest BCUT2D eigenvalue weighted by Crippen LogP contribution is -2.50. The third kappa shape index (κ3) is 5.86. The summed E-state index contributed by atoms with van der Waals surface area (Å²) in [6.45, 7) is 14.0. The fourth-order valence-corrected chi connectivity index (χ4v) is 7.57. The van der Waals surface area contributed by atoms with Crippen LogP contribution in [-0.4, -0.2) is 46.0 Å². The van der Waals surface area contributed by atoms with Gasteiger partial charge in [-0.25, -0.2) is 0 Å². The molecule has 1 aromatic rings. The van der Waals surface area contributed by atoms with Gasteiger partial charge in [0.1, 0.15) is 5.75 Å². The number of methoxy groups -OCH3 is 1. The Balaban J connectivity index is 2.22. The van der Waals surface area contributed by atoms with Gasteiger partial charge in [0.05, 0.1) is 25.9 Å². The molecule has 1 heterocycles. The first kappa shape index (κ1) is 25.3. The maximum Gasteiger partial charge on any atom is 0.192 e. The fourth-order valence-electron chi connectivity index (χ4n) is 4.55. The van der Waals surface area contributed by atoms with Gasteiger partial charge in [-0.3, -0.25) is 0 Å². The summed E-state index contributed by atoms with van der Waals surface area (Å²) in [4.78, 5) is 0. The Bertz CT molecular complexity index is 610. The van der Waals surface area contributed by atoms with E-state index in [1.54, 1.807) is 7.11 Å². The van der Waals surface area contributed by atoms with Gasteiger partial charge < -0.3 is 23.7 Å². The average molecular weight is 439 g/mol. The van der Waals surface area contributed by atoms with E-state index in [2.05, 4.69) is 41.5 Å². The first-order valence-corrected chi connectivity index (χ1v) is 14.1. The second kappa shape index (κ2) is 11.6. The van der Waals surface area contributed by atoms with Crippen LogP contribution in [0, 0.1) is 17.8 Å². The maximum absolute atomic E-state index is 9.97. The van der Waals surface area contributed by atoms with Gasteiger partial charge >= 0.3 is 0 Å². The Morgan fingerprint density at radius 2 is 1.70 bits per heavy atom. The topological polar surface area (TPSA) is 57.2 Å². The predicted molar refractivity (Wildman–Crippen MR) is 123 cm³/mol. The summed E-state index contributed by atoms with van der Waals surface area (Å²) < 4.78 is 24.7. The number of ether oxygens (including phenoxy) is 3. The fraction of sp³-hybridized carbons (Fsp3) is 0.750. The van der Waals surface area contributed by atoms with E-state index in [9.17, 15) is 5.11 Å². The lowest BCUT2D eigenvalue weighted by atomic mass is 9.84. The minimum atomic E-state index is -1.81. The van der Waals surface area contributed by atoms with Crippen LogP contribution < -0.4 is 4.74 Å². The maximum atomic E-state index is 9.97. The molecule has 1 aromatic carbocycles. The smallest absolute Gasteiger partial charge is 0.192 e. The molecule has 0 bridgehead atoms. The lowest BCUT2D eigenvalue weighted by molar-refractivity contribution is -0.257. The third-order valence-corrected chi connectivity index (χ3v) is 11.6. The van der Waals surface area contributed by atoms with Gasteiger partial charge in [0.2, 0.25) is 0 Å². The third-order valence-electron chi connectivity index (χ3n) is 6.94. The normalized spacial score (nSPS) is 25.5. The minimum absolute atomic E-state index is 0.00196. The van der Waals surface area contributed by atoms with Crippen LogP contribution in [0.1, 0.15) is 53.4 Å². The largest absolute Gasteiger partial charge is 0.497 e. The van der Waals surface area contributed by atoms with E-state index in [1.165, 1.54) is 0 Å². The van der Waals surface area contributed by atoms with Crippen molar-refractivity contribution in [1.82, 2.24) is 0 Å². The van der Waals surface area contributed by atoms with E-state index in [-0.39, 0.29) is 36.6 Å². The standard InChI is InChI=1S/C24H42O5Si/c1-8-30(9-2,10-3)29-23(17(4)15-25)19(6)22-18(5)16-27-24(28-22)20-11-13-21(26-7)14-12-20/h11-14,17-19,22-25H,8-10,15-16H2,1-7H3/t17-,18?,19?,22?,23?,24?/m0/s1. The van der Waals surface area contributed by atoms with E-state index in [4.69, 9.17) is 18.6 Å². The molecule has 0 radical (unpaired) electrons. The van der Waals surface area contributed by atoms with E-state index >= 15 is 0 Å². The summed E-state index contributed by atoms with van der Waals surface area (Å²) in [5.41, 5.74) is 0.993. The Morgan fingerprint density at radius 3 is 2.20 bits per heavy atom. The van der Waals surface area contributed by atoms with Gasteiger partial charge in [0.15, 0.2) is 14.6 Å². The molecular formula is C24H42O5Si. The molecule has 0 amide bonds. The van der Waals surface area contributed by atoms with Gasteiger partial charge in [-0.05, 0) is 30.3 Å². The van der Waals surface area contributed by atoms with Crippen LogP contribution in [0.5, 0.6) is 5.75 Å². The van der Waals surface area contributed by atoms with Crippen molar-refractivity contribution < 1.29 is 23.7 Å². The van der Waals surface area contributed by atoms with E-state index < -0.39 is 14.6 Å². The monoisotopic (exact) mass is 438 g/mol. The van der Waals surface area contributed by atoms with Crippen LogP contribution >= 0.6 is 0 Å². The van der Waals surface area contributed by atoms with Crippen LogP contribution in [0.3, 0.4) is 0 Å². The van der Waals surface area contributed by atoms with Crippen molar-refractivity contribution in [2.45, 2.75) is 78.2 Å². The molecule has 0 aromatic heterocycles. The van der Waals surface area contributed by atoms with Crippen LogP contribution in [0.25, 0.3) is 0 Å². The van der Waals surface area contributed by atoms with Crippen molar-refractivity contribution in [2.75, 3.05) is 20.3 Å². The highest BCUT2D eigenvalue weighted by Gasteiger charge is 2.42. The van der Waals surface area contributed by atoms with Crippen LogP contribution in [-0.2, 0) is 13.9 Å². The summed E-state index contributed by atoms with van der Waals surface area (Å²) in [5, 5.41) is 9.97. The zero-order chi connectivity index (χ0) is 22.3. The molecule has 172 valence electrons. The van der Waals surface area contributed by atoms with Gasteiger partial charge in [0, 0.05) is 29.9 Å². The molecule has 0 spiro atoms. The van der Waals surface area contributed by atoms with Crippen LogP contribution in [0.15, 0.2) is 24.3 Å². The molecular weight excluding hydrogens is 396 g/mol. The number of hydrogen-bond donors (Lipinski definition) is 1. The Labute approximate surface area is 184 Å². The number of aliphatic hydroxyl groups is 1. The summed E-state index contributed by atoms with van der Waals surface area (Å²) in [6, 6.07) is 11.1. The van der Waals surface area contributed by atoms with Crippen LogP contribution in [0.2, 0.25) is 18.1 Å². The molecule has 5 nitrogen and oxygen atoms in total. The van der Waals surface area contributed by atoms with Crippen LogP contribution in [0.4, 0.5) is 0 Å². The number of hydrogen-bond acceptors (Lipinski definition) is 5. The number of aliphatic hydroxyl groups excluding tert-OH is 1. The lowest BCUT2D eigenvalue weighted by Gasteiger charge is -2.45. The Morgan fingerprint density at radius 1 is 1.10 bits per heavy atom. The molecule has 6 heteroatoms. The summed E-state index contributed by atoms with van der Waals surface area (Å²) in [6.07, 6.45) is -0.416. The molecule has 1 aliphatic rings. The van der Waals surface area contributed by atoms with Gasteiger partial charge in [-0.2, -0.15) is 0 Å². The van der Waals surface area contributed by atoms with Gasteiger partial charge in [-0.15, -0.1) is 0 Å². The van der Waals surface area contributed by atoms with Crippen molar-refractivity contribution in [1.29, 1.82) is 0 Å². The molecule has 1 saturated heterocycles. The van der Waals surface area contributed by atoms with Crippen molar-refractivity contribution in [3.05, 3.63) is 29.8 Å². The SMILES string of the molecule is CC[Si](CC)(CC)OC(C(C)C1OC(c2ccc(OC)cc2)OCC1C)[C@@H](C)CO. The highest BCUT2D eigenvalue weighted by molar-refractivity contribution is 6.73. The zero-order valence-corrected chi connectivity index (χ0v) is 20.9. The van der Waals surface area contributed by atoms with Gasteiger partial charge in [0.25, 0.3) is 0 Å². The second-order valence-electron chi connectivity index (χ2n) is 8.86. The molecule has 6 atom stereocenters. The number of rotatable bonds is 11. The first-order valence-electron chi connectivity index (χ1n) is 11.5. The van der Waals surface area contributed by atoms with Crippen molar-refractivity contribution in [3.8, 4) is 5.75 Å². The van der Waals surface area contributed by atoms with Crippen molar-refractivity contribution in [3.63, 3.8) is 0 Å². The Kier molecular flexibility index (Phi) is 9.82. The quantitative estimate of drug-likeness (QED) is 0.469. The van der Waals surface area contributed by atoms with Gasteiger partial charge in [-0.1, -0.05) is 53.7 Å². The second-order valence-corrected chi connectivity index (χ2v) is 13.6. The summed E-state index contributed by atoms with van der Waals surface area (Å²) >= 11 is 0. The highest BCUT2D eigenvalue weighted by atomic mass is 28.4. The molecule has 2 rings (SSSR count). The first-order chi connectivity index (χ1) is 14.3. The zero-order valence-electron chi connectivity index (χ0n) is 19.9. The molecule has 0 saturated carbocycles. The molecule has 5 unspecified atom stereocenters. The summed E-state index contributed by atoms with van der Waals surface area (Å²) in [5.74, 6) is 1.29. The minimum Gasteiger partial charge on any atom is -0.497 e. The van der Waals surface area contributed by atoms with Crippen molar-refractivity contribution >= 4 is 8.32 Å².